The fraction of sp³-hybridized carbons (Fsp3) is 0.800. The highest BCUT2D eigenvalue weighted by atomic mass is 19.4. The predicted molar refractivity (Wildman–Crippen MR) is 53.6 cm³/mol. The molecule has 0 aromatic heterocycles. The van der Waals surface area contributed by atoms with Crippen LogP contribution in [0.4, 0.5) is 52.7 Å². The Kier molecular flexibility index (Phi) is 6.05. The smallest absolute Gasteiger partial charge is 0.455 e. The van der Waals surface area contributed by atoms with Gasteiger partial charge >= 0.3 is 30.5 Å². The number of hydrogen-bond acceptors (Lipinski definition) is 3. The van der Waals surface area contributed by atoms with Gasteiger partial charge in [-0.15, -0.1) is 0 Å². The maximum Gasteiger partial charge on any atom is 0.465 e. The number of ether oxygens (including phenoxy) is 1. The van der Waals surface area contributed by atoms with Crippen molar-refractivity contribution in [2.75, 3.05) is 0 Å². The molecule has 0 unspecified atom stereocenters. The Morgan fingerprint density at radius 2 is 1.04 bits per heavy atom. The minimum absolute atomic E-state index is 0.218. The van der Waals surface area contributed by atoms with Gasteiger partial charge in [0.15, 0.2) is 0 Å². The Bertz CT molecular complexity index is 467. The van der Waals surface area contributed by atoms with Crippen molar-refractivity contribution in [3.63, 3.8) is 0 Å². The van der Waals surface area contributed by atoms with Crippen molar-refractivity contribution in [2.45, 2.75) is 49.4 Å². The molecule has 15 heteroatoms. The Hall–Kier alpha value is -1.38. The first-order valence-corrected chi connectivity index (χ1v) is 5.65. The molecule has 0 bridgehead atoms. The topological polar surface area (TPSA) is 49.7 Å². The zero-order chi connectivity index (χ0) is 20.7. The van der Waals surface area contributed by atoms with Gasteiger partial charge in [0.1, 0.15) is 0 Å². The van der Waals surface area contributed by atoms with Crippen molar-refractivity contribution in [3.8, 4) is 0 Å². The largest absolute Gasteiger partial charge is 0.465 e. The second-order valence-corrected chi connectivity index (χ2v) is 4.75. The minimum Gasteiger partial charge on any atom is -0.455 e. The summed E-state index contributed by atoms with van der Waals surface area (Å²) in [7, 11) is 0. The molecular weight excluding hydrogens is 396 g/mol. The molecule has 0 aromatic carbocycles. The van der Waals surface area contributed by atoms with E-state index in [2.05, 4.69) is 4.74 Å². The second-order valence-electron chi connectivity index (χ2n) is 4.75. The molecule has 0 aliphatic rings. The molecule has 0 aliphatic carbocycles. The number of hydrogen-bond donors (Lipinski definition) is 2. The van der Waals surface area contributed by atoms with Crippen molar-refractivity contribution in [1.82, 2.24) is 0 Å². The van der Waals surface area contributed by atoms with Crippen LogP contribution in [-0.2, 0) is 4.74 Å². The SMILES string of the molecule is C/C(=C\OC(O)(C(F)(F)F)C(F)(F)F)CC(O)(C(F)(F)F)C(F)(F)F. The molecule has 0 spiro atoms. The van der Waals surface area contributed by atoms with E-state index in [9.17, 15) is 52.7 Å². The third-order valence-electron chi connectivity index (χ3n) is 2.67. The molecule has 0 radical (unpaired) electrons. The third-order valence-corrected chi connectivity index (χ3v) is 2.67. The van der Waals surface area contributed by atoms with Gasteiger partial charge in [-0.05, 0) is 12.5 Å². The van der Waals surface area contributed by atoms with Crippen LogP contribution in [0.1, 0.15) is 13.3 Å². The van der Waals surface area contributed by atoms with Crippen LogP contribution >= 0.6 is 0 Å². The first-order chi connectivity index (χ1) is 10.6. The van der Waals surface area contributed by atoms with Crippen molar-refractivity contribution in [2.24, 2.45) is 0 Å². The van der Waals surface area contributed by atoms with Gasteiger partial charge in [-0.2, -0.15) is 52.7 Å². The van der Waals surface area contributed by atoms with Gasteiger partial charge in [-0.25, -0.2) is 0 Å². The summed E-state index contributed by atoms with van der Waals surface area (Å²) >= 11 is 0. The lowest BCUT2D eigenvalue weighted by Gasteiger charge is -2.33. The van der Waals surface area contributed by atoms with E-state index in [4.69, 9.17) is 10.2 Å². The number of alkyl halides is 12. The van der Waals surface area contributed by atoms with E-state index >= 15 is 0 Å². The highest BCUT2D eigenvalue weighted by Crippen LogP contribution is 2.47. The molecule has 0 saturated carbocycles. The molecule has 0 heterocycles. The normalized spacial score (nSPS) is 16.2. The summed E-state index contributed by atoms with van der Waals surface area (Å²) in [5.74, 6) is -5.88. The number of aliphatic hydroxyl groups is 2. The maximum absolute atomic E-state index is 12.4. The number of rotatable bonds is 4. The second kappa shape index (κ2) is 6.41. The highest BCUT2D eigenvalue weighted by Gasteiger charge is 2.74. The Morgan fingerprint density at radius 3 is 1.28 bits per heavy atom. The van der Waals surface area contributed by atoms with Crippen molar-refractivity contribution in [3.05, 3.63) is 11.8 Å². The van der Waals surface area contributed by atoms with E-state index in [0.717, 1.165) is 0 Å². The van der Waals surface area contributed by atoms with Crippen molar-refractivity contribution >= 4 is 0 Å². The van der Waals surface area contributed by atoms with Crippen molar-refractivity contribution < 1.29 is 67.6 Å². The average molecular weight is 404 g/mol. The fourth-order valence-electron chi connectivity index (χ4n) is 1.29. The Morgan fingerprint density at radius 1 is 0.720 bits per heavy atom. The molecule has 0 aromatic rings. The maximum atomic E-state index is 12.4. The first kappa shape index (κ1) is 23.6. The van der Waals surface area contributed by atoms with Gasteiger partial charge in [-0.3, -0.25) is 0 Å². The van der Waals surface area contributed by atoms with E-state index in [1.165, 1.54) is 0 Å². The van der Waals surface area contributed by atoms with Crippen molar-refractivity contribution in [1.29, 1.82) is 0 Å². The third kappa shape index (κ3) is 4.62. The van der Waals surface area contributed by atoms with E-state index in [-0.39, 0.29) is 6.92 Å². The van der Waals surface area contributed by atoms with Gasteiger partial charge in [0.05, 0.1) is 6.26 Å². The monoisotopic (exact) mass is 404 g/mol. The zero-order valence-corrected chi connectivity index (χ0v) is 11.6. The van der Waals surface area contributed by atoms with Gasteiger partial charge in [-0.1, -0.05) is 0 Å². The van der Waals surface area contributed by atoms with Gasteiger partial charge in [0.2, 0.25) is 0 Å². The molecule has 0 saturated heterocycles. The zero-order valence-electron chi connectivity index (χ0n) is 11.6. The summed E-state index contributed by atoms with van der Waals surface area (Å²) < 4.78 is 151. The van der Waals surface area contributed by atoms with Gasteiger partial charge < -0.3 is 14.9 Å². The van der Waals surface area contributed by atoms with Crippen LogP contribution in [0.3, 0.4) is 0 Å². The Labute approximate surface area is 130 Å². The van der Waals surface area contributed by atoms with Crippen LogP contribution in [0.15, 0.2) is 11.8 Å². The van der Waals surface area contributed by atoms with Crippen LogP contribution in [0.5, 0.6) is 0 Å². The van der Waals surface area contributed by atoms with Crippen LogP contribution in [0.2, 0.25) is 0 Å². The van der Waals surface area contributed by atoms with E-state index in [1.54, 1.807) is 0 Å². The quantitative estimate of drug-likeness (QED) is 0.424. The standard InChI is InChI=1S/C10H8F12O3/c1-4(2-5(23,7(11,12)13)8(14,15)16)3-25-6(24,9(17,18)19)10(20,21)22/h3,23-24H,2H2,1H3/b4-3+. The lowest BCUT2D eigenvalue weighted by molar-refractivity contribution is -0.445. The molecule has 3 nitrogen and oxygen atoms in total. The molecule has 0 amide bonds. The molecule has 2 N–H and O–H groups in total. The summed E-state index contributed by atoms with van der Waals surface area (Å²) in [6.45, 7) is 0.218. The van der Waals surface area contributed by atoms with Crippen LogP contribution in [-0.4, -0.2) is 46.3 Å². The lowest BCUT2D eigenvalue weighted by Crippen LogP contribution is -2.58. The summed E-state index contributed by atoms with van der Waals surface area (Å²) in [6, 6.07) is 0. The highest BCUT2D eigenvalue weighted by molar-refractivity contribution is 5.07. The molecular formula is C10H8F12O3. The van der Waals surface area contributed by atoms with E-state index in [1.807, 2.05) is 0 Å². The molecule has 0 fully saturated rings. The van der Waals surface area contributed by atoms with Crippen LogP contribution in [0.25, 0.3) is 0 Å². The summed E-state index contributed by atoms with van der Waals surface area (Å²) in [5, 5.41) is 17.3. The predicted octanol–water partition coefficient (Wildman–Crippen LogP) is 3.97. The summed E-state index contributed by atoms with van der Waals surface area (Å²) in [4.78, 5) is 0. The molecule has 0 aliphatic heterocycles. The molecule has 150 valence electrons. The lowest BCUT2D eigenvalue weighted by atomic mass is 9.94. The van der Waals surface area contributed by atoms with Crippen LogP contribution < -0.4 is 0 Å². The number of halogens is 12. The van der Waals surface area contributed by atoms with E-state index < -0.39 is 54.3 Å². The summed E-state index contributed by atoms with van der Waals surface area (Å²) in [5.41, 5.74) is -6.98. The van der Waals surface area contributed by atoms with Crippen LogP contribution in [0, 0.1) is 0 Å². The molecule has 0 rings (SSSR count). The van der Waals surface area contributed by atoms with E-state index in [0.29, 0.717) is 0 Å². The average Bonchev–Trinajstić information content (AvgIpc) is 2.30. The molecule has 25 heavy (non-hydrogen) atoms. The molecule has 0 atom stereocenters. The minimum atomic E-state index is -6.52. The first-order valence-electron chi connectivity index (χ1n) is 5.65. The fourth-order valence-corrected chi connectivity index (χ4v) is 1.29. The van der Waals surface area contributed by atoms with Gasteiger partial charge in [0, 0.05) is 6.42 Å². The Balaban J connectivity index is 5.73. The summed E-state index contributed by atoms with van der Waals surface area (Å²) in [6.07, 6.45) is -29.1. The van der Waals surface area contributed by atoms with Gasteiger partial charge in [0.25, 0.3) is 5.60 Å².